The van der Waals surface area contributed by atoms with Gasteiger partial charge in [0.25, 0.3) is 0 Å². The zero-order chi connectivity index (χ0) is 13.8. The number of hydrogen-bond acceptors (Lipinski definition) is 5. The van der Waals surface area contributed by atoms with Crippen molar-refractivity contribution < 1.29 is 27.9 Å². The van der Waals surface area contributed by atoms with E-state index in [0.29, 0.717) is 0 Å². The molecule has 7 nitrogen and oxygen atoms in total. The Bertz CT molecular complexity index is 565. The Kier molecular flexibility index (Phi) is 4.27. The number of benzene rings is 1. The molecule has 0 heterocycles. The molecule has 0 bridgehead atoms. The van der Waals surface area contributed by atoms with Gasteiger partial charge in [0.15, 0.2) is 5.75 Å². The van der Waals surface area contributed by atoms with Gasteiger partial charge in [0, 0.05) is 0 Å². The number of para-hydroxylation sites is 1. The van der Waals surface area contributed by atoms with Crippen molar-refractivity contribution in [2.24, 2.45) is 0 Å². The fraction of sp³-hybridized carbons (Fsp3) is 0.200. The molecule has 0 aliphatic carbocycles. The molecule has 0 aliphatic heterocycles. The van der Waals surface area contributed by atoms with Crippen molar-refractivity contribution >= 4 is 27.6 Å². The first-order valence-electron chi connectivity index (χ1n) is 4.75. The largest absolute Gasteiger partial charge is 0.480 e. The highest BCUT2D eigenvalue weighted by atomic mass is 32.2. The summed E-state index contributed by atoms with van der Waals surface area (Å²) in [4.78, 5) is 21.7. The zero-order valence-electron chi connectivity index (χ0n) is 9.41. The van der Waals surface area contributed by atoms with E-state index in [1.807, 2.05) is 4.72 Å². The normalized spacial score (nSPS) is 10.7. The van der Waals surface area contributed by atoms with E-state index in [0.717, 1.165) is 7.11 Å². The molecular formula is C10H11NO6S. The van der Waals surface area contributed by atoms with E-state index >= 15 is 0 Å². The molecule has 0 saturated heterocycles. The van der Waals surface area contributed by atoms with Crippen LogP contribution in [-0.2, 0) is 19.6 Å². The van der Waals surface area contributed by atoms with E-state index in [1.165, 1.54) is 24.3 Å². The fourth-order valence-corrected chi connectivity index (χ4v) is 2.14. The van der Waals surface area contributed by atoms with Gasteiger partial charge in [0.1, 0.15) is 0 Å². The molecule has 0 radical (unpaired) electrons. The second-order valence-corrected chi connectivity index (χ2v) is 5.01. The highest BCUT2D eigenvalue weighted by molar-refractivity contribution is 7.93. The number of methoxy groups -OCH3 is 1. The van der Waals surface area contributed by atoms with Crippen LogP contribution >= 0.6 is 0 Å². The Hall–Kier alpha value is -2.09. The van der Waals surface area contributed by atoms with Gasteiger partial charge in [-0.25, -0.2) is 13.2 Å². The van der Waals surface area contributed by atoms with Crippen LogP contribution in [0.15, 0.2) is 24.3 Å². The fourth-order valence-electron chi connectivity index (χ4n) is 1.23. The Morgan fingerprint density at radius 2 is 1.94 bits per heavy atom. The first-order valence-corrected chi connectivity index (χ1v) is 6.40. The zero-order valence-corrected chi connectivity index (χ0v) is 10.2. The molecule has 0 saturated carbocycles. The molecule has 0 aromatic heterocycles. The number of carbonyl (C=O) groups excluding carboxylic acids is 1. The van der Waals surface area contributed by atoms with Gasteiger partial charge in [-0.05, 0) is 12.1 Å². The van der Waals surface area contributed by atoms with Crippen LogP contribution in [0.1, 0.15) is 10.4 Å². The van der Waals surface area contributed by atoms with Crippen LogP contribution in [0.3, 0.4) is 0 Å². The lowest BCUT2D eigenvalue weighted by Crippen LogP contribution is -2.23. The summed E-state index contributed by atoms with van der Waals surface area (Å²) in [6.45, 7) is 0. The van der Waals surface area contributed by atoms with Crippen LogP contribution in [-0.4, -0.2) is 38.3 Å². The minimum absolute atomic E-state index is 0.00830. The number of ether oxygens (including phenoxy) is 1. The quantitative estimate of drug-likeness (QED) is 0.747. The maximum absolute atomic E-state index is 11.4. The third-order valence-electron chi connectivity index (χ3n) is 1.91. The van der Waals surface area contributed by atoms with E-state index in [9.17, 15) is 18.0 Å². The second kappa shape index (κ2) is 5.50. The molecule has 0 unspecified atom stereocenters. The Morgan fingerprint density at radius 3 is 2.50 bits per heavy atom. The van der Waals surface area contributed by atoms with Crippen molar-refractivity contribution in [1.29, 1.82) is 0 Å². The monoisotopic (exact) mass is 273 g/mol. The summed E-state index contributed by atoms with van der Waals surface area (Å²) < 4.78 is 29.4. The predicted octanol–water partition coefficient (Wildman–Crippen LogP) is 0.299. The summed E-state index contributed by atoms with van der Waals surface area (Å²) in [6, 6.07) is 5.74. The molecule has 1 rings (SSSR count). The molecule has 0 atom stereocenters. The van der Waals surface area contributed by atoms with Crippen LogP contribution in [0.5, 0.6) is 0 Å². The van der Waals surface area contributed by atoms with Gasteiger partial charge in [0.2, 0.25) is 10.0 Å². The van der Waals surface area contributed by atoms with Gasteiger partial charge in [-0.15, -0.1) is 0 Å². The van der Waals surface area contributed by atoms with Gasteiger partial charge >= 0.3 is 11.9 Å². The van der Waals surface area contributed by atoms with Crippen molar-refractivity contribution in [3.8, 4) is 0 Å². The number of esters is 1. The first-order chi connectivity index (χ1) is 8.35. The number of sulfonamides is 1. The summed E-state index contributed by atoms with van der Waals surface area (Å²) in [5.74, 6) is -3.29. The molecule has 0 spiro atoms. The van der Waals surface area contributed by atoms with E-state index in [-0.39, 0.29) is 11.3 Å². The van der Waals surface area contributed by atoms with Crippen LogP contribution < -0.4 is 4.72 Å². The summed E-state index contributed by atoms with van der Waals surface area (Å²) in [7, 11) is -2.90. The van der Waals surface area contributed by atoms with Gasteiger partial charge in [0.05, 0.1) is 18.4 Å². The summed E-state index contributed by atoms with van der Waals surface area (Å²) in [6.07, 6.45) is 0. The minimum Gasteiger partial charge on any atom is -0.480 e. The van der Waals surface area contributed by atoms with E-state index < -0.39 is 27.7 Å². The molecule has 98 valence electrons. The summed E-state index contributed by atoms with van der Waals surface area (Å²) >= 11 is 0. The molecule has 1 aromatic carbocycles. The predicted molar refractivity (Wildman–Crippen MR) is 62.8 cm³/mol. The average molecular weight is 273 g/mol. The van der Waals surface area contributed by atoms with Crippen LogP contribution in [0.25, 0.3) is 0 Å². The van der Waals surface area contributed by atoms with Crippen LogP contribution in [0.4, 0.5) is 5.69 Å². The van der Waals surface area contributed by atoms with Crippen LogP contribution in [0.2, 0.25) is 0 Å². The number of carboxylic acid groups (broad SMARTS) is 1. The molecule has 2 N–H and O–H groups in total. The molecule has 0 aliphatic rings. The molecule has 0 fully saturated rings. The van der Waals surface area contributed by atoms with Crippen molar-refractivity contribution in [2.75, 3.05) is 17.6 Å². The lowest BCUT2D eigenvalue weighted by molar-refractivity contribution is -0.134. The van der Waals surface area contributed by atoms with Crippen molar-refractivity contribution in [3.63, 3.8) is 0 Å². The van der Waals surface area contributed by atoms with Crippen molar-refractivity contribution in [2.45, 2.75) is 0 Å². The number of hydrogen-bond donors (Lipinski definition) is 2. The number of rotatable bonds is 5. The van der Waals surface area contributed by atoms with Gasteiger partial charge in [-0.1, -0.05) is 12.1 Å². The van der Waals surface area contributed by atoms with E-state index in [4.69, 9.17) is 5.11 Å². The SMILES string of the molecule is COC(=O)c1ccccc1NS(=O)(=O)CC(=O)O. The average Bonchev–Trinajstić information content (AvgIpc) is 2.26. The van der Waals surface area contributed by atoms with Gasteiger partial charge in [-0.3, -0.25) is 9.52 Å². The second-order valence-electron chi connectivity index (χ2n) is 3.29. The third kappa shape index (κ3) is 3.74. The summed E-state index contributed by atoms with van der Waals surface area (Å²) in [5.41, 5.74) is -0.0143. The summed E-state index contributed by atoms with van der Waals surface area (Å²) in [5, 5.41) is 8.44. The van der Waals surface area contributed by atoms with E-state index in [1.54, 1.807) is 0 Å². The smallest absolute Gasteiger partial charge is 0.339 e. The third-order valence-corrected chi connectivity index (χ3v) is 3.07. The molecule has 18 heavy (non-hydrogen) atoms. The number of carboxylic acids is 1. The van der Waals surface area contributed by atoms with E-state index in [2.05, 4.69) is 4.74 Å². The van der Waals surface area contributed by atoms with Crippen molar-refractivity contribution in [3.05, 3.63) is 29.8 Å². The lowest BCUT2D eigenvalue weighted by atomic mass is 10.2. The highest BCUT2D eigenvalue weighted by Gasteiger charge is 2.19. The molecular weight excluding hydrogens is 262 g/mol. The van der Waals surface area contributed by atoms with Gasteiger partial charge in [-0.2, -0.15) is 0 Å². The first kappa shape index (κ1) is 14.0. The number of nitrogens with one attached hydrogen (secondary N) is 1. The number of carbonyl (C=O) groups is 2. The standard InChI is InChI=1S/C10H11NO6S/c1-17-10(14)7-4-2-3-5-8(7)11-18(15,16)6-9(12)13/h2-5,11H,6H2,1H3,(H,12,13). The maximum Gasteiger partial charge on any atom is 0.339 e. The highest BCUT2D eigenvalue weighted by Crippen LogP contribution is 2.17. The number of anilines is 1. The van der Waals surface area contributed by atoms with Gasteiger partial charge < -0.3 is 9.84 Å². The van der Waals surface area contributed by atoms with Crippen LogP contribution in [0, 0.1) is 0 Å². The molecule has 1 aromatic rings. The van der Waals surface area contributed by atoms with Crippen molar-refractivity contribution in [1.82, 2.24) is 0 Å². The lowest BCUT2D eigenvalue weighted by Gasteiger charge is -2.09. The number of aliphatic carboxylic acids is 1. The Morgan fingerprint density at radius 1 is 1.33 bits per heavy atom. The maximum atomic E-state index is 11.4. The molecule has 8 heteroatoms. The Labute approximate surface area is 103 Å². The topological polar surface area (TPSA) is 110 Å². The Balaban J connectivity index is 3.05. The molecule has 0 amide bonds. The minimum atomic E-state index is -4.06.